The predicted octanol–water partition coefficient (Wildman–Crippen LogP) is 0.402. The first-order valence-corrected chi connectivity index (χ1v) is 13.7. The van der Waals surface area contributed by atoms with Crippen molar-refractivity contribution in [2.45, 2.75) is 29.6 Å². The molecule has 4 rings (SSSR count). The number of nitrogens with two attached hydrogens (primary N) is 1. The smallest absolute Gasteiger partial charge is 0.382 e. The number of aromatic nitrogens is 2. The number of anilines is 1. The molecule has 0 amide bonds. The molecule has 2 aliphatic rings. The van der Waals surface area contributed by atoms with Gasteiger partial charge in [0.2, 0.25) is 5.60 Å². The maximum absolute atomic E-state index is 15.3. The first-order chi connectivity index (χ1) is 15.1. The molecule has 2 fully saturated rings. The molecule has 3 heterocycles. The molecular formula is C12H12FN4O12P3S. The molecular weight excluding hydrogens is 536 g/mol. The molecule has 3 unspecified atom stereocenters. The molecule has 1 saturated heterocycles. The lowest BCUT2D eigenvalue weighted by Gasteiger charge is -2.22. The van der Waals surface area contributed by atoms with E-state index in [9.17, 15) is 33.9 Å². The standard InChI is InChI=1S/C12H12FN4O12P3S/c13-8-6(4-1-33-7-5(4)16-3-17-9(7)15)26-11(2-14)10(12(8,11)18)27-31(22,23)29-32(24,25)28-30(19,20)21/h1,3,6,8,10,18H,(H,22,23)(H,24,25)(H2,15,16,17)(H2,19,20,21)/t6-,8-,10?,11+,12+/m0/s1. The van der Waals surface area contributed by atoms with Gasteiger partial charge in [-0.05, 0) is 5.38 Å². The van der Waals surface area contributed by atoms with Crippen LogP contribution < -0.4 is 5.73 Å². The Kier molecular flexibility index (Phi) is 5.65. The van der Waals surface area contributed by atoms with E-state index in [0.29, 0.717) is 4.70 Å². The Morgan fingerprint density at radius 1 is 1.21 bits per heavy atom. The third kappa shape index (κ3) is 3.95. The second kappa shape index (κ2) is 7.54. The molecule has 1 saturated carbocycles. The molecule has 1 aliphatic heterocycles. The van der Waals surface area contributed by atoms with Crippen LogP contribution in [0.1, 0.15) is 11.7 Å². The summed E-state index contributed by atoms with van der Waals surface area (Å²) in [6, 6.07) is 1.44. The number of nitriles is 1. The van der Waals surface area contributed by atoms with Gasteiger partial charge < -0.3 is 35.2 Å². The van der Waals surface area contributed by atoms with Crippen molar-refractivity contribution in [3.8, 4) is 6.07 Å². The number of ether oxygens (including phenoxy) is 1. The zero-order valence-electron chi connectivity index (χ0n) is 15.5. The Morgan fingerprint density at radius 2 is 1.88 bits per heavy atom. The molecule has 21 heteroatoms. The van der Waals surface area contributed by atoms with E-state index in [2.05, 4.69) is 23.1 Å². The number of phosphoric ester groups is 1. The van der Waals surface area contributed by atoms with Crippen molar-refractivity contribution in [1.82, 2.24) is 9.97 Å². The minimum Gasteiger partial charge on any atom is -0.382 e. The molecule has 2 aromatic heterocycles. The summed E-state index contributed by atoms with van der Waals surface area (Å²) in [5.41, 5.74) is 0.634. The third-order valence-corrected chi connectivity index (χ3v) is 9.63. The molecule has 0 spiro atoms. The number of phosphoric acid groups is 3. The van der Waals surface area contributed by atoms with Gasteiger partial charge in [-0.3, -0.25) is 4.52 Å². The van der Waals surface area contributed by atoms with Gasteiger partial charge in [0.1, 0.15) is 24.3 Å². The van der Waals surface area contributed by atoms with Crippen molar-refractivity contribution in [3.63, 3.8) is 0 Å². The number of fused-ring (bicyclic) bond motifs is 2. The summed E-state index contributed by atoms with van der Waals surface area (Å²) in [6.07, 6.45) is -5.11. The number of hydrogen-bond acceptors (Lipinski definition) is 13. The van der Waals surface area contributed by atoms with E-state index >= 15 is 4.39 Å². The van der Waals surface area contributed by atoms with Gasteiger partial charge in [0, 0.05) is 5.56 Å². The van der Waals surface area contributed by atoms with Crippen molar-refractivity contribution < 1.29 is 60.6 Å². The molecule has 7 atom stereocenters. The highest BCUT2D eigenvalue weighted by atomic mass is 32.1. The summed E-state index contributed by atoms with van der Waals surface area (Å²) in [7, 11) is -17.3. The topological polar surface area (TPSA) is 265 Å². The fraction of sp³-hybridized carbons (Fsp3) is 0.417. The number of thiophene rings is 1. The average molecular weight is 548 g/mol. The minimum absolute atomic E-state index is 0.0917. The molecule has 7 N–H and O–H groups in total. The summed E-state index contributed by atoms with van der Waals surface area (Å²) in [5.74, 6) is 0.0917. The molecule has 180 valence electrons. The first-order valence-electron chi connectivity index (χ1n) is 8.32. The summed E-state index contributed by atoms with van der Waals surface area (Å²) in [5, 5.41) is 21.6. The highest BCUT2D eigenvalue weighted by Gasteiger charge is 2.91. The van der Waals surface area contributed by atoms with Gasteiger partial charge in [0.15, 0.2) is 17.9 Å². The van der Waals surface area contributed by atoms with E-state index in [1.807, 2.05) is 0 Å². The van der Waals surface area contributed by atoms with Gasteiger partial charge in [-0.15, -0.1) is 11.3 Å². The van der Waals surface area contributed by atoms with E-state index in [1.165, 1.54) is 11.4 Å². The zero-order valence-corrected chi connectivity index (χ0v) is 19.0. The van der Waals surface area contributed by atoms with Crippen LogP contribution in [0, 0.1) is 11.3 Å². The number of aliphatic hydroxyl groups is 1. The second-order valence-electron chi connectivity index (χ2n) is 6.82. The summed E-state index contributed by atoms with van der Waals surface area (Å²) >= 11 is 1.04. The predicted molar refractivity (Wildman–Crippen MR) is 103 cm³/mol. The Morgan fingerprint density at radius 3 is 2.45 bits per heavy atom. The van der Waals surface area contributed by atoms with E-state index < -0.39 is 53.0 Å². The molecule has 0 radical (unpaired) electrons. The van der Waals surface area contributed by atoms with Gasteiger partial charge in [-0.2, -0.15) is 13.9 Å². The van der Waals surface area contributed by atoms with E-state index in [1.54, 1.807) is 0 Å². The van der Waals surface area contributed by atoms with E-state index in [0.717, 1.165) is 17.7 Å². The number of nitrogens with zero attached hydrogens (tertiary/aromatic N) is 3. The fourth-order valence-electron chi connectivity index (χ4n) is 3.49. The molecule has 0 aromatic carbocycles. The van der Waals surface area contributed by atoms with Crippen LogP contribution in [0.3, 0.4) is 0 Å². The molecule has 2 aromatic rings. The fourth-order valence-corrected chi connectivity index (χ4v) is 7.67. The van der Waals surface area contributed by atoms with Gasteiger partial charge in [0.05, 0.1) is 10.2 Å². The van der Waals surface area contributed by atoms with Crippen molar-refractivity contribution in [3.05, 3.63) is 17.3 Å². The Labute approximate surface area is 185 Å². The second-order valence-corrected chi connectivity index (χ2v) is 12.1. The minimum atomic E-state index is -5.87. The lowest BCUT2D eigenvalue weighted by Crippen LogP contribution is -2.31. The SMILES string of the molecule is N#C[C@]12O[C@@H](c3csc4c(N)ncnc34)[C@H](F)[C@@]1(O)C2OP(=O)(O)OP(=O)(O)OP(=O)(O)O. The first kappa shape index (κ1) is 24.7. The van der Waals surface area contributed by atoms with Crippen LogP contribution >= 0.6 is 34.8 Å². The van der Waals surface area contributed by atoms with Crippen LogP contribution in [0.2, 0.25) is 0 Å². The van der Waals surface area contributed by atoms with Crippen LogP contribution in [0.4, 0.5) is 10.2 Å². The zero-order chi connectivity index (χ0) is 24.6. The van der Waals surface area contributed by atoms with Gasteiger partial charge in [-0.25, -0.2) is 28.1 Å². The van der Waals surface area contributed by atoms with Crippen molar-refractivity contribution in [2.24, 2.45) is 0 Å². The quantitative estimate of drug-likeness (QED) is 0.256. The third-order valence-electron chi connectivity index (χ3n) is 4.82. The van der Waals surface area contributed by atoms with Crippen molar-refractivity contribution in [2.75, 3.05) is 5.73 Å². The summed E-state index contributed by atoms with van der Waals surface area (Å²) in [6.45, 7) is 0. The van der Waals surface area contributed by atoms with Crippen molar-refractivity contribution in [1.29, 1.82) is 5.26 Å². The number of nitrogen functional groups attached to an aromatic ring is 1. The van der Waals surface area contributed by atoms with Crippen LogP contribution in [-0.2, 0) is 31.6 Å². The molecule has 1 aliphatic carbocycles. The Hall–Kier alpha value is -1.41. The largest absolute Gasteiger partial charge is 0.490 e. The maximum Gasteiger partial charge on any atom is 0.490 e. The monoisotopic (exact) mass is 548 g/mol. The Bertz CT molecular complexity index is 1330. The van der Waals surface area contributed by atoms with Gasteiger partial charge in [0.25, 0.3) is 0 Å². The summed E-state index contributed by atoms with van der Waals surface area (Å²) < 4.78 is 66.8. The number of halogens is 1. The highest BCUT2D eigenvalue weighted by molar-refractivity contribution is 7.66. The number of alkyl halides is 1. The van der Waals surface area contributed by atoms with Crippen LogP contribution in [-0.4, -0.2) is 58.1 Å². The molecule has 16 nitrogen and oxygen atoms in total. The Balaban J connectivity index is 1.58. The van der Waals surface area contributed by atoms with Gasteiger partial charge in [-0.1, -0.05) is 0 Å². The van der Waals surface area contributed by atoms with Crippen LogP contribution in [0.5, 0.6) is 0 Å². The lowest BCUT2D eigenvalue weighted by molar-refractivity contribution is -0.0395. The maximum atomic E-state index is 15.3. The normalized spacial score (nSPS) is 34.9. The molecule has 0 bridgehead atoms. The summed E-state index contributed by atoms with van der Waals surface area (Å²) in [4.78, 5) is 43.7. The van der Waals surface area contributed by atoms with E-state index in [4.69, 9.17) is 20.3 Å². The van der Waals surface area contributed by atoms with Gasteiger partial charge >= 0.3 is 23.5 Å². The number of hydrogen-bond donors (Lipinski definition) is 6. The van der Waals surface area contributed by atoms with Crippen LogP contribution in [0.15, 0.2) is 11.7 Å². The van der Waals surface area contributed by atoms with E-state index in [-0.39, 0.29) is 16.9 Å². The van der Waals surface area contributed by atoms with Crippen molar-refractivity contribution >= 4 is 50.8 Å². The molecule has 33 heavy (non-hydrogen) atoms. The number of rotatable bonds is 7. The van der Waals surface area contributed by atoms with Crippen LogP contribution in [0.25, 0.3) is 10.2 Å². The lowest BCUT2D eigenvalue weighted by atomic mass is 10.0. The average Bonchev–Trinajstić information content (AvgIpc) is 2.94. The highest BCUT2D eigenvalue weighted by Crippen LogP contribution is 2.72.